The van der Waals surface area contributed by atoms with E-state index < -0.39 is 10.0 Å². The molecule has 2 unspecified atom stereocenters. The second kappa shape index (κ2) is 2.73. The molecule has 1 saturated heterocycles. The van der Waals surface area contributed by atoms with E-state index in [-0.39, 0.29) is 10.4 Å². The van der Waals surface area contributed by atoms with E-state index in [4.69, 9.17) is 0 Å². The Labute approximate surface area is 80.5 Å². The van der Waals surface area contributed by atoms with Gasteiger partial charge < -0.3 is 0 Å². The first-order valence-electron chi connectivity index (χ1n) is 3.84. The van der Waals surface area contributed by atoms with E-state index in [1.165, 1.54) is 4.31 Å². The molecule has 0 saturated carbocycles. The molecule has 5 nitrogen and oxygen atoms in total. The van der Waals surface area contributed by atoms with E-state index >= 15 is 0 Å². The third-order valence-electron chi connectivity index (χ3n) is 1.84. The molecule has 0 aliphatic carbocycles. The topological polar surface area (TPSA) is 62.9 Å². The Kier molecular flexibility index (Phi) is 1.90. The van der Waals surface area contributed by atoms with Gasteiger partial charge in [0.05, 0.1) is 0 Å². The van der Waals surface area contributed by atoms with Crippen LogP contribution in [0, 0.1) is 6.92 Å². The van der Waals surface area contributed by atoms with Gasteiger partial charge in [-0.1, -0.05) is 11.3 Å². The van der Waals surface area contributed by atoms with Crippen LogP contribution < -0.4 is 0 Å². The molecular weight excluding hydrogens is 210 g/mol. The summed E-state index contributed by atoms with van der Waals surface area (Å²) in [4.78, 5) is 0. The highest BCUT2D eigenvalue weighted by atomic mass is 32.2. The highest BCUT2D eigenvalue weighted by Crippen LogP contribution is 2.28. The van der Waals surface area contributed by atoms with Crippen molar-refractivity contribution in [3.8, 4) is 0 Å². The van der Waals surface area contributed by atoms with Crippen LogP contribution in [0.4, 0.5) is 0 Å². The molecule has 1 aromatic rings. The molecule has 2 heterocycles. The van der Waals surface area contributed by atoms with Gasteiger partial charge in [0.15, 0.2) is 0 Å². The van der Waals surface area contributed by atoms with Gasteiger partial charge in [0.2, 0.25) is 4.34 Å². The fourth-order valence-electron chi connectivity index (χ4n) is 1.03. The van der Waals surface area contributed by atoms with Gasteiger partial charge in [-0.15, -0.1) is 10.2 Å². The number of rotatable bonds is 2. The molecule has 1 aliphatic rings. The molecular formula is C6H9N3O2S2. The lowest BCUT2D eigenvalue weighted by molar-refractivity contribution is 0.553. The first kappa shape index (κ1) is 9.04. The standard InChI is InChI=1S/C6H9N3O2S2/c1-4-3-9(4)13(10,11)6-8-7-5(2)12-6/h4H,3H2,1-2H3. The monoisotopic (exact) mass is 219 g/mol. The van der Waals surface area contributed by atoms with Crippen LogP contribution in [0.25, 0.3) is 0 Å². The van der Waals surface area contributed by atoms with Gasteiger partial charge in [0, 0.05) is 12.6 Å². The van der Waals surface area contributed by atoms with Gasteiger partial charge in [-0.3, -0.25) is 0 Å². The van der Waals surface area contributed by atoms with Gasteiger partial charge >= 0.3 is 0 Å². The van der Waals surface area contributed by atoms with Gasteiger partial charge in [-0.25, -0.2) is 8.42 Å². The first-order chi connectivity index (χ1) is 6.01. The molecule has 13 heavy (non-hydrogen) atoms. The largest absolute Gasteiger partial charge is 0.272 e. The minimum Gasteiger partial charge on any atom is -0.204 e. The average Bonchev–Trinajstić information content (AvgIpc) is 2.60. The summed E-state index contributed by atoms with van der Waals surface area (Å²) in [6.07, 6.45) is 0. The SMILES string of the molecule is Cc1nnc(S(=O)(=O)N2CC2C)s1. The maximum Gasteiger partial charge on any atom is 0.272 e. The fourth-order valence-corrected chi connectivity index (χ4v) is 3.75. The number of aromatic nitrogens is 2. The molecule has 0 radical (unpaired) electrons. The summed E-state index contributed by atoms with van der Waals surface area (Å²) in [5.74, 6) is 0. The predicted molar refractivity (Wildman–Crippen MR) is 48.0 cm³/mol. The van der Waals surface area contributed by atoms with Crippen molar-refractivity contribution in [2.24, 2.45) is 0 Å². The van der Waals surface area contributed by atoms with Crippen molar-refractivity contribution in [1.29, 1.82) is 0 Å². The van der Waals surface area contributed by atoms with E-state index in [1.807, 2.05) is 6.92 Å². The van der Waals surface area contributed by atoms with Crippen molar-refractivity contribution in [2.75, 3.05) is 6.54 Å². The summed E-state index contributed by atoms with van der Waals surface area (Å²) in [6.45, 7) is 4.20. The summed E-state index contributed by atoms with van der Waals surface area (Å²) in [6, 6.07) is 0.120. The summed E-state index contributed by atoms with van der Waals surface area (Å²) in [7, 11) is -3.32. The summed E-state index contributed by atoms with van der Waals surface area (Å²) >= 11 is 1.11. The second-order valence-electron chi connectivity index (χ2n) is 3.01. The normalized spacial score (nSPS) is 27.5. The van der Waals surface area contributed by atoms with Crippen molar-refractivity contribution >= 4 is 21.4 Å². The van der Waals surface area contributed by atoms with E-state index in [2.05, 4.69) is 10.2 Å². The first-order valence-corrected chi connectivity index (χ1v) is 6.09. The highest BCUT2D eigenvalue weighted by Gasteiger charge is 2.43. The van der Waals surface area contributed by atoms with Gasteiger partial charge in [0.25, 0.3) is 10.0 Å². The van der Waals surface area contributed by atoms with E-state index in [1.54, 1.807) is 6.92 Å². The lowest BCUT2D eigenvalue weighted by atomic mass is 10.6. The Balaban J connectivity index is 2.35. The van der Waals surface area contributed by atoms with Crippen LogP contribution in [0.3, 0.4) is 0 Å². The smallest absolute Gasteiger partial charge is 0.204 e. The molecule has 0 bridgehead atoms. The zero-order chi connectivity index (χ0) is 9.64. The summed E-state index contributed by atoms with van der Waals surface area (Å²) in [5.41, 5.74) is 0. The Morgan fingerprint density at radius 2 is 2.15 bits per heavy atom. The van der Waals surface area contributed by atoms with Gasteiger partial charge in [-0.05, 0) is 13.8 Å². The lowest BCUT2D eigenvalue weighted by Crippen LogP contribution is -2.13. The lowest BCUT2D eigenvalue weighted by Gasteiger charge is -1.97. The Morgan fingerprint density at radius 1 is 1.54 bits per heavy atom. The molecule has 0 aromatic carbocycles. The van der Waals surface area contributed by atoms with Crippen molar-refractivity contribution in [3.05, 3.63) is 5.01 Å². The third kappa shape index (κ3) is 1.47. The Morgan fingerprint density at radius 3 is 2.54 bits per heavy atom. The number of aryl methyl sites for hydroxylation is 1. The van der Waals surface area contributed by atoms with Crippen LogP contribution in [0.5, 0.6) is 0 Å². The van der Waals surface area contributed by atoms with Gasteiger partial charge in [0.1, 0.15) is 5.01 Å². The molecule has 0 amide bonds. The number of nitrogens with zero attached hydrogens (tertiary/aromatic N) is 3. The third-order valence-corrected chi connectivity index (χ3v) is 5.00. The number of sulfonamides is 1. The molecule has 1 fully saturated rings. The van der Waals surface area contributed by atoms with Crippen LogP contribution in [0.1, 0.15) is 11.9 Å². The maximum atomic E-state index is 11.7. The Hall–Kier alpha value is -0.530. The van der Waals surface area contributed by atoms with Crippen molar-refractivity contribution < 1.29 is 8.42 Å². The summed E-state index contributed by atoms with van der Waals surface area (Å²) in [5, 5.41) is 7.98. The van der Waals surface area contributed by atoms with E-state index in [9.17, 15) is 8.42 Å². The molecule has 1 aromatic heterocycles. The second-order valence-corrected chi connectivity index (χ2v) is 6.26. The maximum absolute atomic E-state index is 11.7. The van der Waals surface area contributed by atoms with Crippen LogP contribution >= 0.6 is 11.3 Å². The van der Waals surface area contributed by atoms with Gasteiger partial charge in [-0.2, -0.15) is 4.31 Å². The Bertz CT molecular complexity index is 425. The highest BCUT2D eigenvalue weighted by molar-refractivity contribution is 7.91. The number of hydrogen-bond donors (Lipinski definition) is 0. The molecule has 7 heteroatoms. The summed E-state index contributed by atoms with van der Waals surface area (Å²) < 4.78 is 24.8. The van der Waals surface area contributed by atoms with Crippen LogP contribution in [-0.4, -0.2) is 35.5 Å². The molecule has 2 rings (SSSR count). The molecule has 0 spiro atoms. The zero-order valence-electron chi connectivity index (χ0n) is 7.26. The molecule has 0 N–H and O–H groups in total. The van der Waals surface area contributed by atoms with Crippen molar-refractivity contribution in [3.63, 3.8) is 0 Å². The molecule has 2 atom stereocenters. The van der Waals surface area contributed by atoms with E-state index in [0.29, 0.717) is 11.6 Å². The van der Waals surface area contributed by atoms with Crippen LogP contribution in [0.15, 0.2) is 4.34 Å². The van der Waals surface area contributed by atoms with Crippen LogP contribution in [0.2, 0.25) is 0 Å². The minimum atomic E-state index is -3.32. The van der Waals surface area contributed by atoms with Crippen molar-refractivity contribution in [1.82, 2.24) is 14.5 Å². The number of hydrogen-bond acceptors (Lipinski definition) is 5. The quantitative estimate of drug-likeness (QED) is 0.668. The zero-order valence-corrected chi connectivity index (χ0v) is 8.89. The van der Waals surface area contributed by atoms with Crippen LogP contribution in [-0.2, 0) is 10.0 Å². The predicted octanol–water partition coefficient (Wildman–Crippen LogP) is 0.239. The fraction of sp³-hybridized carbons (Fsp3) is 0.667. The molecule has 1 aliphatic heterocycles. The minimum absolute atomic E-state index is 0.106. The van der Waals surface area contributed by atoms with E-state index in [0.717, 1.165) is 11.3 Å². The average molecular weight is 219 g/mol. The molecule has 72 valence electrons. The van der Waals surface area contributed by atoms with Crippen molar-refractivity contribution in [2.45, 2.75) is 24.2 Å².